The Hall–Kier alpha value is -3.57. The molecule has 3 heterocycles. The van der Waals surface area contributed by atoms with Crippen LogP contribution in [0.2, 0.25) is 5.02 Å². The molecule has 0 radical (unpaired) electrons. The Labute approximate surface area is 165 Å². The molecule has 0 saturated heterocycles. The number of benzene rings is 1. The Morgan fingerprint density at radius 3 is 3.11 bits per heavy atom. The predicted molar refractivity (Wildman–Crippen MR) is 107 cm³/mol. The van der Waals surface area contributed by atoms with Crippen LogP contribution in [-0.2, 0) is 0 Å². The standard InChI is InChI=1S/C19H16ClN7O/c1-11(4-2-5-12-10-22-18-14(21)8-9-23-27(12)18)24-19(28)17-25-15-7-3-6-13(20)16(15)26-17/h3,6-11H,4,21H2,1H3,(H,24,28)(H,25,26)/t11-/m1/s1. The minimum Gasteiger partial charge on any atom is -0.396 e. The fourth-order valence-electron chi connectivity index (χ4n) is 2.74. The molecular weight excluding hydrogens is 378 g/mol. The van der Waals surface area contributed by atoms with E-state index in [1.165, 1.54) is 0 Å². The number of hydrogen-bond acceptors (Lipinski definition) is 5. The summed E-state index contributed by atoms with van der Waals surface area (Å²) < 4.78 is 1.59. The number of nitrogens with one attached hydrogen (secondary N) is 2. The molecule has 0 spiro atoms. The zero-order chi connectivity index (χ0) is 19.7. The summed E-state index contributed by atoms with van der Waals surface area (Å²) in [5.41, 5.74) is 8.88. The number of para-hydroxylation sites is 1. The van der Waals surface area contributed by atoms with Crippen LogP contribution in [0.15, 0.2) is 36.7 Å². The van der Waals surface area contributed by atoms with Crippen LogP contribution in [0.3, 0.4) is 0 Å². The number of halogens is 1. The van der Waals surface area contributed by atoms with E-state index in [4.69, 9.17) is 17.3 Å². The Morgan fingerprint density at radius 1 is 1.43 bits per heavy atom. The number of fused-ring (bicyclic) bond motifs is 2. The second-order valence-electron chi connectivity index (χ2n) is 6.27. The van der Waals surface area contributed by atoms with Gasteiger partial charge in [0, 0.05) is 12.5 Å². The predicted octanol–water partition coefficient (Wildman–Crippen LogP) is 2.40. The number of amides is 1. The van der Waals surface area contributed by atoms with Crippen LogP contribution in [0.4, 0.5) is 5.69 Å². The first-order valence-electron chi connectivity index (χ1n) is 8.55. The zero-order valence-electron chi connectivity index (χ0n) is 14.9. The van der Waals surface area contributed by atoms with Crippen LogP contribution in [-0.4, -0.2) is 36.5 Å². The van der Waals surface area contributed by atoms with E-state index in [-0.39, 0.29) is 17.8 Å². The minimum absolute atomic E-state index is 0.180. The summed E-state index contributed by atoms with van der Waals surface area (Å²) in [6.45, 7) is 1.87. The average molecular weight is 394 g/mol. The Balaban J connectivity index is 1.43. The third-order valence-corrected chi connectivity index (χ3v) is 4.42. The number of aromatic amines is 1. The lowest BCUT2D eigenvalue weighted by molar-refractivity contribution is 0.0931. The van der Waals surface area contributed by atoms with Gasteiger partial charge >= 0.3 is 0 Å². The van der Waals surface area contributed by atoms with Crippen molar-refractivity contribution in [3.05, 3.63) is 53.2 Å². The van der Waals surface area contributed by atoms with Gasteiger partial charge in [-0.05, 0) is 31.0 Å². The van der Waals surface area contributed by atoms with E-state index >= 15 is 0 Å². The summed E-state index contributed by atoms with van der Waals surface area (Å²) in [6.07, 6.45) is 3.66. The molecule has 3 aromatic heterocycles. The number of rotatable bonds is 3. The van der Waals surface area contributed by atoms with E-state index in [0.717, 1.165) is 0 Å². The highest BCUT2D eigenvalue weighted by Crippen LogP contribution is 2.20. The van der Waals surface area contributed by atoms with Crippen molar-refractivity contribution in [2.45, 2.75) is 19.4 Å². The largest absolute Gasteiger partial charge is 0.396 e. The zero-order valence-corrected chi connectivity index (χ0v) is 15.7. The van der Waals surface area contributed by atoms with Crippen LogP contribution in [0.25, 0.3) is 16.7 Å². The molecule has 4 rings (SSSR count). The third kappa shape index (κ3) is 3.35. The van der Waals surface area contributed by atoms with E-state index in [0.29, 0.717) is 39.5 Å². The molecular formula is C19H16ClN7O. The van der Waals surface area contributed by atoms with Crippen molar-refractivity contribution in [3.63, 3.8) is 0 Å². The molecule has 0 aliphatic rings. The first-order chi connectivity index (χ1) is 13.5. The van der Waals surface area contributed by atoms with Crippen LogP contribution < -0.4 is 11.1 Å². The van der Waals surface area contributed by atoms with Crippen LogP contribution in [0, 0.1) is 11.8 Å². The van der Waals surface area contributed by atoms with Gasteiger partial charge in [0.15, 0.2) is 11.5 Å². The van der Waals surface area contributed by atoms with Gasteiger partial charge in [-0.25, -0.2) is 14.5 Å². The maximum absolute atomic E-state index is 12.4. The molecule has 0 bridgehead atoms. The highest BCUT2D eigenvalue weighted by Gasteiger charge is 2.14. The van der Waals surface area contributed by atoms with Crippen molar-refractivity contribution in [1.29, 1.82) is 0 Å². The minimum atomic E-state index is -0.314. The number of H-pyrrole nitrogens is 1. The molecule has 8 nitrogen and oxygen atoms in total. The first kappa shape index (κ1) is 17.8. The fourth-order valence-corrected chi connectivity index (χ4v) is 2.96. The molecule has 140 valence electrons. The van der Waals surface area contributed by atoms with E-state index in [2.05, 4.69) is 37.2 Å². The summed E-state index contributed by atoms with van der Waals surface area (Å²) >= 11 is 6.10. The van der Waals surface area contributed by atoms with Crippen molar-refractivity contribution in [2.75, 3.05) is 5.73 Å². The molecule has 1 atom stereocenters. The third-order valence-electron chi connectivity index (χ3n) is 4.11. The smallest absolute Gasteiger partial charge is 0.287 e. The summed E-state index contributed by atoms with van der Waals surface area (Å²) in [5.74, 6) is 5.94. The second kappa shape index (κ2) is 7.21. The van der Waals surface area contributed by atoms with Crippen molar-refractivity contribution in [1.82, 2.24) is 29.9 Å². The average Bonchev–Trinajstić information content (AvgIpc) is 3.28. The number of hydrogen-bond donors (Lipinski definition) is 3. The van der Waals surface area contributed by atoms with Gasteiger partial charge in [0.05, 0.1) is 28.6 Å². The van der Waals surface area contributed by atoms with Gasteiger partial charge in [0.25, 0.3) is 5.91 Å². The number of nitrogens with zero attached hydrogens (tertiary/aromatic N) is 4. The second-order valence-corrected chi connectivity index (χ2v) is 6.67. The lowest BCUT2D eigenvalue weighted by Crippen LogP contribution is -2.32. The molecule has 0 unspecified atom stereocenters. The molecule has 0 aliphatic heterocycles. The van der Waals surface area contributed by atoms with E-state index in [9.17, 15) is 4.79 Å². The van der Waals surface area contributed by atoms with Gasteiger partial charge in [-0.3, -0.25) is 4.79 Å². The maximum atomic E-state index is 12.4. The summed E-state index contributed by atoms with van der Waals surface area (Å²) in [6, 6.07) is 6.85. The lowest BCUT2D eigenvalue weighted by atomic mass is 10.2. The number of carbonyl (C=O) groups excluding carboxylic acids is 1. The quantitative estimate of drug-likeness (QED) is 0.462. The first-order valence-corrected chi connectivity index (χ1v) is 8.93. The molecule has 0 fully saturated rings. The Kier molecular flexibility index (Phi) is 4.59. The van der Waals surface area contributed by atoms with Crippen molar-refractivity contribution >= 4 is 39.9 Å². The molecule has 4 aromatic rings. The molecule has 0 aliphatic carbocycles. The molecule has 1 amide bonds. The number of carbonyl (C=O) groups is 1. The van der Waals surface area contributed by atoms with Crippen LogP contribution in [0.5, 0.6) is 0 Å². The Bertz CT molecular complexity index is 1250. The SMILES string of the molecule is C[C@H](CC#Cc1cnc2c(N)ccnn12)NC(=O)c1nc2c(Cl)cccc2[nH]1. The van der Waals surface area contributed by atoms with E-state index in [1.54, 1.807) is 35.1 Å². The monoisotopic (exact) mass is 393 g/mol. The number of imidazole rings is 2. The molecule has 0 saturated carbocycles. The summed E-state index contributed by atoms with van der Waals surface area (Å²) in [4.78, 5) is 23.8. The molecule has 4 N–H and O–H groups in total. The van der Waals surface area contributed by atoms with Gasteiger partial charge in [-0.15, -0.1) is 0 Å². The summed E-state index contributed by atoms with van der Waals surface area (Å²) in [5, 5.41) is 7.56. The number of nitrogens with two attached hydrogens (primary N) is 1. The normalized spacial score (nSPS) is 11.9. The fraction of sp³-hybridized carbons (Fsp3) is 0.158. The molecule has 9 heteroatoms. The van der Waals surface area contributed by atoms with Crippen molar-refractivity contribution in [3.8, 4) is 11.8 Å². The van der Waals surface area contributed by atoms with Gasteiger partial charge in [-0.2, -0.15) is 5.10 Å². The topological polar surface area (TPSA) is 114 Å². The molecule has 1 aromatic carbocycles. The number of nitrogen functional groups attached to an aromatic ring is 1. The summed E-state index contributed by atoms with van der Waals surface area (Å²) in [7, 11) is 0. The van der Waals surface area contributed by atoms with Crippen molar-refractivity contribution < 1.29 is 4.79 Å². The number of anilines is 1. The van der Waals surface area contributed by atoms with Crippen LogP contribution >= 0.6 is 11.6 Å². The van der Waals surface area contributed by atoms with Gasteiger partial charge in [-0.1, -0.05) is 23.6 Å². The van der Waals surface area contributed by atoms with E-state index in [1.807, 2.05) is 13.0 Å². The van der Waals surface area contributed by atoms with Crippen LogP contribution in [0.1, 0.15) is 29.7 Å². The highest BCUT2D eigenvalue weighted by molar-refractivity contribution is 6.35. The molecule has 28 heavy (non-hydrogen) atoms. The maximum Gasteiger partial charge on any atom is 0.287 e. The van der Waals surface area contributed by atoms with Gasteiger partial charge in [0.1, 0.15) is 11.2 Å². The number of aromatic nitrogens is 5. The lowest BCUT2D eigenvalue weighted by Gasteiger charge is -2.08. The van der Waals surface area contributed by atoms with E-state index < -0.39 is 0 Å². The van der Waals surface area contributed by atoms with Gasteiger partial charge in [0.2, 0.25) is 0 Å². The van der Waals surface area contributed by atoms with Gasteiger partial charge < -0.3 is 16.0 Å². The van der Waals surface area contributed by atoms with Crippen molar-refractivity contribution in [2.24, 2.45) is 0 Å². The Morgan fingerprint density at radius 2 is 2.29 bits per heavy atom. The highest BCUT2D eigenvalue weighted by atomic mass is 35.5.